The van der Waals surface area contributed by atoms with Crippen molar-refractivity contribution in [2.75, 3.05) is 0 Å². The van der Waals surface area contributed by atoms with Crippen LogP contribution in [0.4, 0.5) is 0 Å². The van der Waals surface area contributed by atoms with E-state index in [0.29, 0.717) is 34.5 Å². The third kappa shape index (κ3) is 3.14. The van der Waals surface area contributed by atoms with Crippen LogP contribution in [0.15, 0.2) is 59.7 Å². The summed E-state index contributed by atoms with van der Waals surface area (Å²) in [6.45, 7) is 2.24. The van der Waals surface area contributed by atoms with E-state index in [9.17, 15) is 4.79 Å². The van der Waals surface area contributed by atoms with Crippen molar-refractivity contribution in [2.24, 2.45) is 0 Å². The smallest absolute Gasteiger partial charge is 0.232 e. The van der Waals surface area contributed by atoms with E-state index in [-0.39, 0.29) is 5.78 Å². The van der Waals surface area contributed by atoms with Crippen LogP contribution in [0, 0.1) is 6.92 Å². The maximum atomic E-state index is 12.6. The third-order valence-electron chi connectivity index (χ3n) is 4.19. The number of rotatable bonds is 4. The van der Waals surface area contributed by atoms with Gasteiger partial charge in [0.25, 0.3) is 0 Å². The normalized spacial score (nSPS) is 14.4. The van der Waals surface area contributed by atoms with Crippen LogP contribution in [0.25, 0.3) is 6.08 Å². The molecular weight excluding hydrogens is 368 g/mol. The Morgan fingerprint density at radius 3 is 2.77 bits per heavy atom. The number of thiophene rings is 1. The maximum absolute atomic E-state index is 12.6. The van der Waals surface area contributed by atoms with Crippen LogP contribution in [0.2, 0.25) is 5.02 Å². The minimum Gasteiger partial charge on any atom is -0.488 e. The van der Waals surface area contributed by atoms with Crippen LogP contribution in [-0.2, 0) is 6.61 Å². The molecule has 4 rings (SSSR count). The van der Waals surface area contributed by atoms with E-state index in [0.717, 1.165) is 16.0 Å². The molecule has 0 saturated heterocycles. The Bertz CT molecular complexity index is 1010. The number of fused-ring (bicyclic) bond motifs is 1. The van der Waals surface area contributed by atoms with Crippen molar-refractivity contribution in [1.82, 2.24) is 0 Å². The van der Waals surface area contributed by atoms with Crippen LogP contribution in [0.3, 0.4) is 0 Å². The summed E-state index contributed by atoms with van der Waals surface area (Å²) in [5, 5.41) is 2.63. The Morgan fingerprint density at radius 1 is 1.15 bits per heavy atom. The Hall–Kier alpha value is -2.56. The molecule has 5 heteroatoms. The second-order valence-corrected chi connectivity index (χ2v) is 7.29. The molecule has 0 saturated carbocycles. The standard InChI is InChI=1S/C21H15ClO3S/c1-13-18(24-12-14-5-2-3-7-17(14)22)9-8-16-20(23)19(25-21(13)16)11-15-6-4-10-26-15/h2-11H,12H2,1H3/b19-11-. The topological polar surface area (TPSA) is 35.5 Å². The van der Waals surface area contributed by atoms with Crippen molar-refractivity contribution in [3.63, 3.8) is 0 Å². The number of allylic oxidation sites excluding steroid dienone is 1. The zero-order chi connectivity index (χ0) is 18.1. The van der Waals surface area contributed by atoms with Crippen LogP contribution in [0.1, 0.15) is 26.4 Å². The molecule has 3 aromatic rings. The Balaban J connectivity index is 1.59. The molecule has 0 aliphatic carbocycles. The summed E-state index contributed by atoms with van der Waals surface area (Å²) in [6.07, 6.45) is 1.77. The first-order valence-electron chi connectivity index (χ1n) is 8.11. The Labute approximate surface area is 160 Å². The van der Waals surface area contributed by atoms with Gasteiger partial charge >= 0.3 is 0 Å². The van der Waals surface area contributed by atoms with Gasteiger partial charge in [-0.1, -0.05) is 35.9 Å². The van der Waals surface area contributed by atoms with Crippen molar-refractivity contribution in [3.8, 4) is 11.5 Å². The Kier molecular flexibility index (Phi) is 4.53. The molecule has 2 aromatic carbocycles. The van der Waals surface area contributed by atoms with Gasteiger partial charge in [-0.05, 0) is 36.6 Å². The quantitative estimate of drug-likeness (QED) is 0.526. The van der Waals surface area contributed by atoms with Crippen LogP contribution < -0.4 is 9.47 Å². The number of benzene rings is 2. The number of carbonyl (C=O) groups excluding carboxylic acids is 1. The summed E-state index contributed by atoms with van der Waals surface area (Å²) >= 11 is 7.73. The number of hydrogen-bond donors (Lipinski definition) is 0. The molecular formula is C21H15ClO3S. The molecule has 2 heterocycles. The number of Topliss-reactive ketones (excluding diaryl/α,β-unsaturated/α-hetero) is 1. The van der Waals surface area contributed by atoms with Gasteiger partial charge in [0.05, 0.1) is 5.56 Å². The van der Waals surface area contributed by atoms with E-state index in [2.05, 4.69) is 0 Å². The molecule has 0 spiro atoms. The molecule has 0 bridgehead atoms. The summed E-state index contributed by atoms with van der Waals surface area (Å²) in [5.41, 5.74) is 2.28. The average molecular weight is 383 g/mol. The van der Waals surface area contributed by atoms with Crippen molar-refractivity contribution in [2.45, 2.75) is 13.5 Å². The summed E-state index contributed by atoms with van der Waals surface area (Å²) in [4.78, 5) is 13.5. The lowest BCUT2D eigenvalue weighted by atomic mass is 10.1. The lowest BCUT2D eigenvalue weighted by Crippen LogP contribution is -1.99. The minimum atomic E-state index is -0.103. The highest BCUT2D eigenvalue weighted by Crippen LogP contribution is 2.39. The summed E-state index contributed by atoms with van der Waals surface area (Å²) < 4.78 is 11.8. The molecule has 130 valence electrons. The zero-order valence-corrected chi connectivity index (χ0v) is 15.6. The highest BCUT2D eigenvalue weighted by molar-refractivity contribution is 7.10. The SMILES string of the molecule is Cc1c(OCc2ccccc2Cl)ccc2c1O/C(=C\c1cccs1)C2=O. The van der Waals surface area contributed by atoms with E-state index in [1.54, 1.807) is 29.5 Å². The predicted octanol–water partition coefficient (Wildman–Crippen LogP) is 5.91. The van der Waals surface area contributed by atoms with Gasteiger partial charge in [0.15, 0.2) is 5.76 Å². The molecule has 0 amide bonds. The zero-order valence-electron chi connectivity index (χ0n) is 14.0. The van der Waals surface area contributed by atoms with Crippen LogP contribution in [0.5, 0.6) is 11.5 Å². The fourth-order valence-corrected chi connectivity index (χ4v) is 3.63. The van der Waals surface area contributed by atoms with Gasteiger partial charge in [-0.25, -0.2) is 0 Å². The second kappa shape index (κ2) is 6.98. The number of ketones is 1. The van der Waals surface area contributed by atoms with Gasteiger partial charge in [0.2, 0.25) is 5.78 Å². The highest BCUT2D eigenvalue weighted by atomic mass is 35.5. The number of carbonyl (C=O) groups is 1. The van der Waals surface area contributed by atoms with E-state index >= 15 is 0 Å². The number of hydrogen-bond acceptors (Lipinski definition) is 4. The maximum Gasteiger partial charge on any atom is 0.232 e. The summed E-state index contributed by atoms with van der Waals surface area (Å²) in [6, 6.07) is 15.0. The van der Waals surface area contributed by atoms with Gasteiger partial charge in [0, 0.05) is 27.1 Å². The van der Waals surface area contributed by atoms with E-state index < -0.39 is 0 Å². The molecule has 0 atom stereocenters. The molecule has 1 aromatic heterocycles. The molecule has 0 unspecified atom stereocenters. The van der Waals surface area contributed by atoms with Crippen LogP contribution >= 0.6 is 22.9 Å². The number of halogens is 1. The molecule has 0 N–H and O–H groups in total. The lowest BCUT2D eigenvalue weighted by molar-refractivity contribution is 0.101. The molecule has 0 fully saturated rings. The van der Waals surface area contributed by atoms with E-state index in [1.165, 1.54) is 0 Å². The first-order valence-corrected chi connectivity index (χ1v) is 9.37. The Morgan fingerprint density at radius 2 is 2.00 bits per heavy atom. The van der Waals surface area contributed by atoms with Gasteiger partial charge in [-0.2, -0.15) is 0 Å². The molecule has 26 heavy (non-hydrogen) atoms. The average Bonchev–Trinajstić information content (AvgIpc) is 3.26. The van der Waals surface area contributed by atoms with Crippen molar-refractivity contribution in [3.05, 3.63) is 86.3 Å². The third-order valence-corrected chi connectivity index (χ3v) is 5.38. The van der Waals surface area contributed by atoms with Crippen LogP contribution in [-0.4, -0.2) is 5.78 Å². The van der Waals surface area contributed by atoms with Crippen molar-refractivity contribution >= 4 is 34.8 Å². The lowest BCUT2D eigenvalue weighted by Gasteiger charge is -2.12. The summed E-state index contributed by atoms with van der Waals surface area (Å²) in [5.74, 6) is 1.48. The summed E-state index contributed by atoms with van der Waals surface area (Å²) in [7, 11) is 0. The molecule has 1 aliphatic heterocycles. The van der Waals surface area contributed by atoms with E-state index in [1.807, 2.05) is 48.7 Å². The molecule has 1 aliphatic rings. The van der Waals surface area contributed by atoms with Gasteiger partial charge in [-0.3, -0.25) is 4.79 Å². The molecule has 0 radical (unpaired) electrons. The van der Waals surface area contributed by atoms with Gasteiger partial charge in [-0.15, -0.1) is 11.3 Å². The first-order chi connectivity index (χ1) is 12.6. The van der Waals surface area contributed by atoms with Crippen molar-refractivity contribution < 1.29 is 14.3 Å². The molecule has 3 nitrogen and oxygen atoms in total. The fraction of sp³-hybridized carbons (Fsp3) is 0.0952. The fourth-order valence-electron chi connectivity index (χ4n) is 2.80. The highest BCUT2D eigenvalue weighted by Gasteiger charge is 2.30. The van der Waals surface area contributed by atoms with E-state index in [4.69, 9.17) is 21.1 Å². The van der Waals surface area contributed by atoms with Gasteiger partial charge < -0.3 is 9.47 Å². The second-order valence-electron chi connectivity index (χ2n) is 5.90. The van der Waals surface area contributed by atoms with Gasteiger partial charge in [0.1, 0.15) is 18.1 Å². The first kappa shape index (κ1) is 16.9. The number of ether oxygens (including phenoxy) is 2. The minimum absolute atomic E-state index is 0.103. The monoisotopic (exact) mass is 382 g/mol. The predicted molar refractivity (Wildman–Crippen MR) is 104 cm³/mol. The van der Waals surface area contributed by atoms with Crippen molar-refractivity contribution in [1.29, 1.82) is 0 Å². The largest absolute Gasteiger partial charge is 0.488 e.